The fourth-order valence-electron chi connectivity index (χ4n) is 2.35. The number of nitrogens with zero attached hydrogens (tertiary/aromatic N) is 1. The predicted molar refractivity (Wildman–Crippen MR) is 85.2 cm³/mol. The standard InChI is InChI=1S/C15H22N2O3.ClH/c1-12(18)16-13-4-6-15(7-5-13)20-11-14(19)10-17-8-2-3-9-17;/h4-7,14,19H,2-3,8-11H2,1H3,(H,16,18);1H. The molecule has 0 aliphatic carbocycles. The van der Waals surface area contributed by atoms with Gasteiger partial charge in [-0.2, -0.15) is 0 Å². The number of hydrogen-bond acceptors (Lipinski definition) is 4. The third-order valence-corrected chi connectivity index (χ3v) is 3.28. The van der Waals surface area contributed by atoms with Crippen molar-refractivity contribution in [3.8, 4) is 5.75 Å². The minimum atomic E-state index is -0.469. The summed E-state index contributed by atoms with van der Waals surface area (Å²) in [6, 6.07) is 7.13. The van der Waals surface area contributed by atoms with Gasteiger partial charge in [-0.05, 0) is 50.2 Å². The molecule has 0 spiro atoms. The second kappa shape index (κ2) is 8.87. The lowest BCUT2D eigenvalue weighted by molar-refractivity contribution is -0.114. The van der Waals surface area contributed by atoms with Gasteiger partial charge in [0.15, 0.2) is 0 Å². The quantitative estimate of drug-likeness (QED) is 0.842. The topological polar surface area (TPSA) is 61.8 Å². The van der Waals surface area contributed by atoms with Crippen LogP contribution in [-0.4, -0.2) is 48.3 Å². The summed E-state index contributed by atoms with van der Waals surface area (Å²) in [5, 5.41) is 12.6. The summed E-state index contributed by atoms with van der Waals surface area (Å²) < 4.78 is 5.55. The molecule has 118 valence electrons. The Morgan fingerprint density at radius 2 is 1.95 bits per heavy atom. The van der Waals surface area contributed by atoms with Crippen molar-refractivity contribution in [1.29, 1.82) is 0 Å². The second-order valence-electron chi connectivity index (χ2n) is 5.18. The van der Waals surface area contributed by atoms with Gasteiger partial charge in [0.25, 0.3) is 0 Å². The number of rotatable bonds is 6. The third-order valence-electron chi connectivity index (χ3n) is 3.28. The van der Waals surface area contributed by atoms with E-state index in [1.807, 2.05) is 0 Å². The van der Waals surface area contributed by atoms with E-state index in [1.165, 1.54) is 19.8 Å². The minimum absolute atomic E-state index is 0. The molecule has 21 heavy (non-hydrogen) atoms. The zero-order valence-corrected chi connectivity index (χ0v) is 13.1. The average molecular weight is 315 g/mol. The molecular weight excluding hydrogens is 292 g/mol. The first-order valence-corrected chi connectivity index (χ1v) is 7.04. The van der Waals surface area contributed by atoms with Crippen LogP contribution in [0.5, 0.6) is 5.75 Å². The van der Waals surface area contributed by atoms with Gasteiger partial charge < -0.3 is 20.1 Å². The number of β-amino-alcohol motifs (C(OH)–C–C–N with tert-alkyl or cyclic N) is 1. The molecular formula is C15H23ClN2O3. The van der Waals surface area contributed by atoms with Gasteiger partial charge in [0.05, 0.1) is 0 Å². The first kappa shape index (κ1) is 17.8. The Morgan fingerprint density at radius 1 is 1.33 bits per heavy atom. The summed E-state index contributed by atoms with van der Waals surface area (Å²) in [7, 11) is 0. The van der Waals surface area contributed by atoms with Crippen molar-refractivity contribution in [3.63, 3.8) is 0 Å². The average Bonchev–Trinajstić information content (AvgIpc) is 2.90. The summed E-state index contributed by atoms with van der Waals surface area (Å²) in [5.74, 6) is 0.597. The predicted octanol–water partition coefficient (Wildman–Crippen LogP) is 1.90. The number of halogens is 1. The van der Waals surface area contributed by atoms with Crippen LogP contribution in [0, 0.1) is 0 Å². The van der Waals surface area contributed by atoms with Gasteiger partial charge in [0.2, 0.25) is 5.91 Å². The summed E-state index contributed by atoms with van der Waals surface area (Å²) in [4.78, 5) is 13.2. The number of aliphatic hydroxyl groups is 1. The van der Waals surface area contributed by atoms with Crippen molar-refractivity contribution in [2.45, 2.75) is 25.9 Å². The Morgan fingerprint density at radius 3 is 2.52 bits per heavy atom. The molecule has 1 atom stereocenters. The smallest absolute Gasteiger partial charge is 0.221 e. The molecule has 1 aliphatic rings. The van der Waals surface area contributed by atoms with Gasteiger partial charge in [-0.15, -0.1) is 12.4 Å². The Kier molecular flexibility index (Phi) is 7.50. The second-order valence-corrected chi connectivity index (χ2v) is 5.18. The maximum atomic E-state index is 10.9. The van der Waals surface area contributed by atoms with Crippen LogP contribution in [0.25, 0.3) is 0 Å². The maximum absolute atomic E-state index is 10.9. The fraction of sp³-hybridized carbons (Fsp3) is 0.533. The van der Waals surface area contributed by atoms with Crippen LogP contribution < -0.4 is 10.1 Å². The van der Waals surface area contributed by atoms with Crippen molar-refractivity contribution < 1.29 is 14.6 Å². The summed E-state index contributed by atoms with van der Waals surface area (Å²) in [6.45, 7) is 4.57. The molecule has 0 aromatic heterocycles. The molecule has 0 saturated carbocycles. The van der Waals surface area contributed by atoms with Crippen molar-refractivity contribution in [2.75, 3.05) is 31.6 Å². The molecule has 2 N–H and O–H groups in total. The Hall–Kier alpha value is -1.30. The molecule has 2 rings (SSSR count). The molecule has 1 aliphatic heterocycles. The minimum Gasteiger partial charge on any atom is -0.491 e. The number of carbonyl (C=O) groups excluding carboxylic acids is 1. The molecule has 6 heteroatoms. The van der Waals surface area contributed by atoms with E-state index in [1.54, 1.807) is 24.3 Å². The molecule has 1 saturated heterocycles. The molecule has 1 aromatic rings. The number of ether oxygens (including phenoxy) is 1. The van der Waals surface area contributed by atoms with Crippen molar-refractivity contribution in [1.82, 2.24) is 4.90 Å². The number of hydrogen-bond donors (Lipinski definition) is 2. The lowest BCUT2D eigenvalue weighted by Crippen LogP contribution is -2.33. The summed E-state index contributed by atoms with van der Waals surface area (Å²) in [6.07, 6.45) is 1.97. The highest BCUT2D eigenvalue weighted by Gasteiger charge is 2.16. The van der Waals surface area contributed by atoms with E-state index < -0.39 is 6.10 Å². The van der Waals surface area contributed by atoms with E-state index in [9.17, 15) is 9.90 Å². The Balaban J connectivity index is 0.00000220. The number of carbonyl (C=O) groups is 1. The largest absolute Gasteiger partial charge is 0.491 e. The van der Waals surface area contributed by atoms with E-state index >= 15 is 0 Å². The Bertz CT molecular complexity index is 433. The number of nitrogens with one attached hydrogen (secondary N) is 1. The van der Waals surface area contributed by atoms with Crippen LogP contribution in [0.15, 0.2) is 24.3 Å². The van der Waals surface area contributed by atoms with E-state index in [4.69, 9.17) is 4.74 Å². The normalized spacial score (nSPS) is 16.1. The van der Waals surface area contributed by atoms with Crippen molar-refractivity contribution in [3.05, 3.63) is 24.3 Å². The van der Waals surface area contributed by atoms with Crippen molar-refractivity contribution >= 4 is 24.0 Å². The van der Waals surface area contributed by atoms with Gasteiger partial charge in [-0.1, -0.05) is 0 Å². The number of aliphatic hydroxyl groups excluding tert-OH is 1. The molecule has 0 radical (unpaired) electrons. The highest BCUT2D eigenvalue weighted by molar-refractivity contribution is 5.88. The van der Waals surface area contributed by atoms with Gasteiger partial charge in [0, 0.05) is 19.2 Å². The van der Waals surface area contributed by atoms with Gasteiger partial charge in [-0.3, -0.25) is 4.79 Å². The van der Waals surface area contributed by atoms with E-state index in [0.29, 0.717) is 12.3 Å². The number of benzene rings is 1. The van der Waals surface area contributed by atoms with Gasteiger partial charge in [-0.25, -0.2) is 0 Å². The molecule has 1 heterocycles. The lowest BCUT2D eigenvalue weighted by Gasteiger charge is -2.19. The summed E-state index contributed by atoms with van der Waals surface area (Å²) >= 11 is 0. The molecule has 1 unspecified atom stereocenters. The van der Waals surface area contributed by atoms with E-state index in [-0.39, 0.29) is 24.9 Å². The molecule has 5 nitrogen and oxygen atoms in total. The maximum Gasteiger partial charge on any atom is 0.221 e. The van der Waals surface area contributed by atoms with E-state index in [2.05, 4.69) is 10.2 Å². The van der Waals surface area contributed by atoms with Gasteiger partial charge in [0.1, 0.15) is 18.5 Å². The van der Waals surface area contributed by atoms with Crippen molar-refractivity contribution in [2.24, 2.45) is 0 Å². The SMILES string of the molecule is CC(=O)Nc1ccc(OCC(O)CN2CCCC2)cc1.Cl. The van der Waals surface area contributed by atoms with Crippen LogP contribution in [-0.2, 0) is 4.79 Å². The van der Waals surface area contributed by atoms with Gasteiger partial charge >= 0.3 is 0 Å². The van der Waals surface area contributed by atoms with Crippen LogP contribution >= 0.6 is 12.4 Å². The number of amides is 1. The fourth-order valence-corrected chi connectivity index (χ4v) is 2.35. The van der Waals surface area contributed by atoms with Crippen LogP contribution in [0.1, 0.15) is 19.8 Å². The summed E-state index contributed by atoms with van der Waals surface area (Å²) in [5.41, 5.74) is 0.738. The molecule has 1 amide bonds. The Labute approximate surface area is 131 Å². The molecule has 0 bridgehead atoms. The highest BCUT2D eigenvalue weighted by atomic mass is 35.5. The van der Waals surface area contributed by atoms with Crippen LogP contribution in [0.3, 0.4) is 0 Å². The molecule has 1 fully saturated rings. The zero-order chi connectivity index (χ0) is 14.4. The lowest BCUT2D eigenvalue weighted by atomic mass is 10.3. The molecule has 1 aromatic carbocycles. The first-order chi connectivity index (χ1) is 9.63. The first-order valence-electron chi connectivity index (χ1n) is 7.04. The number of anilines is 1. The monoisotopic (exact) mass is 314 g/mol. The zero-order valence-electron chi connectivity index (χ0n) is 12.2. The highest BCUT2D eigenvalue weighted by Crippen LogP contribution is 2.16. The van der Waals surface area contributed by atoms with Crippen LogP contribution in [0.4, 0.5) is 5.69 Å². The third kappa shape index (κ3) is 6.33. The van der Waals surface area contributed by atoms with E-state index in [0.717, 1.165) is 18.8 Å². The number of likely N-dealkylation sites (tertiary alicyclic amines) is 1. The van der Waals surface area contributed by atoms with Crippen LogP contribution in [0.2, 0.25) is 0 Å².